The number of nitrogens with zero attached hydrogens (tertiary/aromatic N) is 4. The topological polar surface area (TPSA) is 84.2 Å². The van der Waals surface area contributed by atoms with Crippen molar-refractivity contribution in [1.29, 1.82) is 5.26 Å². The molecule has 3 rings (SSSR count). The molecule has 6 nitrogen and oxygen atoms in total. The number of benzene rings is 1. The van der Waals surface area contributed by atoms with Crippen molar-refractivity contribution in [1.82, 2.24) is 9.38 Å². The number of hydrogen-bond acceptors (Lipinski definition) is 4. The summed E-state index contributed by atoms with van der Waals surface area (Å²) in [7, 11) is 0. The third-order valence-electron chi connectivity index (χ3n) is 4.01. The Morgan fingerprint density at radius 3 is 2.54 bits per heavy atom. The number of nitriles is 1. The minimum atomic E-state index is -0.481. The van der Waals surface area contributed by atoms with Gasteiger partial charge in [0.15, 0.2) is 0 Å². The lowest BCUT2D eigenvalue weighted by Crippen LogP contribution is -1.96. The highest BCUT2D eigenvalue weighted by Crippen LogP contribution is 2.21. The molecule has 120 valence electrons. The standard InChI is InChI=1S/C18H16N4O2/c1-12(2)14-5-3-13(4-6-14)9-16-17(10-19)21-11-15(22(23)24)7-8-18(21)20-16/h3-8,11-12H,9H2,1-2H3. The van der Waals surface area contributed by atoms with E-state index in [1.54, 1.807) is 6.07 Å². The molecule has 0 spiro atoms. The Morgan fingerprint density at radius 1 is 1.25 bits per heavy atom. The van der Waals surface area contributed by atoms with Crippen molar-refractivity contribution in [3.8, 4) is 6.07 Å². The van der Waals surface area contributed by atoms with Crippen LogP contribution in [-0.2, 0) is 6.42 Å². The van der Waals surface area contributed by atoms with Gasteiger partial charge in [-0.15, -0.1) is 0 Å². The summed E-state index contributed by atoms with van der Waals surface area (Å²) in [4.78, 5) is 14.9. The number of aromatic nitrogens is 2. The molecule has 0 fully saturated rings. The zero-order valence-corrected chi connectivity index (χ0v) is 13.4. The molecule has 0 atom stereocenters. The van der Waals surface area contributed by atoms with Gasteiger partial charge < -0.3 is 0 Å². The van der Waals surface area contributed by atoms with Crippen LogP contribution in [0.15, 0.2) is 42.6 Å². The van der Waals surface area contributed by atoms with Gasteiger partial charge in [-0.05, 0) is 23.1 Å². The quantitative estimate of drug-likeness (QED) is 0.540. The van der Waals surface area contributed by atoms with Crippen LogP contribution in [-0.4, -0.2) is 14.3 Å². The van der Waals surface area contributed by atoms with Gasteiger partial charge in [-0.1, -0.05) is 38.1 Å². The molecule has 24 heavy (non-hydrogen) atoms. The summed E-state index contributed by atoms with van der Waals surface area (Å²) in [6, 6.07) is 13.3. The minimum absolute atomic E-state index is 0.0655. The second-order valence-electron chi connectivity index (χ2n) is 5.96. The zero-order valence-electron chi connectivity index (χ0n) is 13.4. The molecule has 3 aromatic rings. The molecule has 0 N–H and O–H groups in total. The summed E-state index contributed by atoms with van der Waals surface area (Å²) in [5.74, 6) is 0.462. The van der Waals surface area contributed by atoms with E-state index in [1.165, 1.54) is 22.2 Å². The van der Waals surface area contributed by atoms with E-state index >= 15 is 0 Å². The van der Waals surface area contributed by atoms with Crippen LogP contribution < -0.4 is 0 Å². The third kappa shape index (κ3) is 2.84. The number of fused-ring (bicyclic) bond motifs is 1. The molecular weight excluding hydrogens is 304 g/mol. The summed E-state index contributed by atoms with van der Waals surface area (Å²) < 4.78 is 1.48. The molecule has 2 heterocycles. The Hall–Kier alpha value is -3.20. The first-order valence-electron chi connectivity index (χ1n) is 7.64. The second-order valence-corrected chi connectivity index (χ2v) is 5.96. The Labute approximate surface area is 139 Å². The van der Waals surface area contributed by atoms with Crippen LogP contribution >= 0.6 is 0 Å². The molecule has 1 aromatic carbocycles. The molecule has 0 unspecified atom stereocenters. The molecule has 0 radical (unpaired) electrons. The smallest absolute Gasteiger partial charge is 0.284 e. The highest BCUT2D eigenvalue weighted by molar-refractivity contribution is 5.51. The van der Waals surface area contributed by atoms with Crippen LogP contribution in [0.25, 0.3) is 5.65 Å². The van der Waals surface area contributed by atoms with E-state index in [0.717, 1.165) is 5.56 Å². The molecule has 0 amide bonds. The highest BCUT2D eigenvalue weighted by Gasteiger charge is 2.15. The van der Waals surface area contributed by atoms with Gasteiger partial charge in [-0.2, -0.15) is 5.26 Å². The van der Waals surface area contributed by atoms with E-state index in [9.17, 15) is 15.4 Å². The summed E-state index contributed by atoms with van der Waals surface area (Å²) in [5.41, 5.74) is 3.73. The average Bonchev–Trinajstić information content (AvgIpc) is 2.91. The molecule has 2 aromatic heterocycles. The first-order valence-corrected chi connectivity index (χ1v) is 7.64. The van der Waals surface area contributed by atoms with Crippen molar-refractivity contribution in [2.75, 3.05) is 0 Å². The number of hydrogen-bond donors (Lipinski definition) is 0. The molecular formula is C18H16N4O2. The lowest BCUT2D eigenvalue weighted by molar-refractivity contribution is -0.385. The first kappa shape index (κ1) is 15.7. The maximum Gasteiger partial charge on any atom is 0.286 e. The van der Waals surface area contributed by atoms with Crippen molar-refractivity contribution in [2.24, 2.45) is 0 Å². The van der Waals surface area contributed by atoms with E-state index in [-0.39, 0.29) is 5.69 Å². The summed E-state index contributed by atoms with van der Waals surface area (Å²) in [6.07, 6.45) is 1.85. The first-order chi connectivity index (χ1) is 11.5. The van der Waals surface area contributed by atoms with Crippen molar-refractivity contribution >= 4 is 11.3 Å². The Bertz CT molecular complexity index is 950. The molecule has 6 heteroatoms. The summed E-state index contributed by atoms with van der Waals surface area (Å²) >= 11 is 0. The fourth-order valence-corrected chi connectivity index (χ4v) is 2.65. The zero-order chi connectivity index (χ0) is 17.3. The van der Waals surface area contributed by atoms with E-state index in [0.29, 0.717) is 29.4 Å². The van der Waals surface area contributed by atoms with E-state index in [4.69, 9.17) is 0 Å². The fourth-order valence-electron chi connectivity index (χ4n) is 2.65. The average molecular weight is 320 g/mol. The van der Waals surface area contributed by atoms with Crippen LogP contribution in [0.2, 0.25) is 0 Å². The van der Waals surface area contributed by atoms with Crippen LogP contribution in [0.1, 0.15) is 42.3 Å². The van der Waals surface area contributed by atoms with Gasteiger partial charge in [0.05, 0.1) is 16.8 Å². The molecule has 0 saturated carbocycles. The monoisotopic (exact) mass is 320 g/mol. The van der Waals surface area contributed by atoms with E-state index in [2.05, 4.69) is 37.0 Å². The Kier molecular flexibility index (Phi) is 4.00. The number of pyridine rings is 1. The van der Waals surface area contributed by atoms with Crippen molar-refractivity contribution in [3.63, 3.8) is 0 Å². The van der Waals surface area contributed by atoms with Crippen molar-refractivity contribution < 1.29 is 4.92 Å². The lowest BCUT2D eigenvalue weighted by atomic mass is 10.00. The Balaban J connectivity index is 2.00. The number of imidazole rings is 1. The summed E-state index contributed by atoms with van der Waals surface area (Å²) in [5, 5.41) is 20.4. The van der Waals surface area contributed by atoms with Gasteiger partial charge in [0, 0.05) is 12.5 Å². The molecule has 0 aliphatic heterocycles. The van der Waals surface area contributed by atoms with Gasteiger partial charge in [-0.3, -0.25) is 14.5 Å². The maximum absolute atomic E-state index is 10.9. The van der Waals surface area contributed by atoms with Crippen molar-refractivity contribution in [3.05, 3.63) is 75.2 Å². The van der Waals surface area contributed by atoms with Crippen molar-refractivity contribution in [2.45, 2.75) is 26.2 Å². The third-order valence-corrected chi connectivity index (χ3v) is 4.01. The largest absolute Gasteiger partial charge is 0.286 e. The lowest BCUT2D eigenvalue weighted by Gasteiger charge is -2.06. The number of rotatable bonds is 4. The van der Waals surface area contributed by atoms with E-state index in [1.807, 2.05) is 12.1 Å². The predicted molar refractivity (Wildman–Crippen MR) is 89.9 cm³/mol. The predicted octanol–water partition coefficient (Wildman–Crippen LogP) is 3.83. The molecule has 0 aliphatic rings. The molecule has 0 saturated heterocycles. The highest BCUT2D eigenvalue weighted by atomic mass is 16.6. The van der Waals surface area contributed by atoms with Gasteiger partial charge in [0.2, 0.25) is 0 Å². The van der Waals surface area contributed by atoms with Gasteiger partial charge in [0.1, 0.15) is 17.4 Å². The molecule has 0 aliphatic carbocycles. The van der Waals surface area contributed by atoms with Gasteiger partial charge in [-0.25, -0.2) is 4.98 Å². The molecule has 0 bridgehead atoms. The Morgan fingerprint density at radius 2 is 1.96 bits per heavy atom. The minimum Gasteiger partial charge on any atom is -0.284 e. The van der Waals surface area contributed by atoms with E-state index < -0.39 is 4.92 Å². The van der Waals surface area contributed by atoms with Gasteiger partial charge >= 0.3 is 0 Å². The SMILES string of the molecule is CC(C)c1ccc(Cc2nc3ccc([N+](=O)[O-])cn3c2C#N)cc1. The number of nitro groups is 1. The summed E-state index contributed by atoms with van der Waals surface area (Å²) in [6.45, 7) is 4.27. The van der Waals surface area contributed by atoms with Crippen LogP contribution in [0.5, 0.6) is 0 Å². The fraction of sp³-hybridized carbons (Fsp3) is 0.222. The second kappa shape index (κ2) is 6.13. The van der Waals surface area contributed by atoms with Crippen LogP contribution in [0.3, 0.4) is 0 Å². The normalized spacial score (nSPS) is 10.9. The van der Waals surface area contributed by atoms with Crippen LogP contribution in [0.4, 0.5) is 5.69 Å². The maximum atomic E-state index is 10.9. The van der Waals surface area contributed by atoms with Gasteiger partial charge in [0.25, 0.3) is 5.69 Å². The van der Waals surface area contributed by atoms with Crippen LogP contribution in [0, 0.1) is 21.4 Å².